The Morgan fingerprint density at radius 3 is 2.42 bits per heavy atom. The van der Waals surface area contributed by atoms with Crippen LogP contribution >= 0.6 is 23.2 Å². The molecule has 0 radical (unpaired) electrons. The maximum Gasteiger partial charge on any atom is 0.0505 e. The predicted molar refractivity (Wildman–Crippen MR) is 111 cm³/mol. The molecule has 0 amide bonds. The third kappa shape index (κ3) is 3.78. The van der Waals surface area contributed by atoms with Crippen LogP contribution in [0, 0.1) is 0 Å². The summed E-state index contributed by atoms with van der Waals surface area (Å²) in [5.74, 6) is 0. The quantitative estimate of drug-likeness (QED) is 0.535. The Bertz CT molecular complexity index is 874. The van der Waals surface area contributed by atoms with Gasteiger partial charge in [0.15, 0.2) is 0 Å². The Morgan fingerprint density at radius 1 is 0.923 bits per heavy atom. The molecule has 26 heavy (non-hydrogen) atoms. The van der Waals surface area contributed by atoms with Gasteiger partial charge in [0.05, 0.1) is 6.54 Å². The second-order valence-electron chi connectivity index (χ2n) is 7.22. The van der Waals surface area contributed by atoms with Crippen molar-refractivity contribution in [1.82, 2.24) is 9.88 Å². The topological polar surface area (TPSA) is 17.0 Å². The highest BCUT2D eigenvalue weighted by atomic mass is 35.5. The lowest BCUT2D eigenvalue weighted by Gasteiger charge is -2.22. The summed E-state index contributed by atoms with van der Waals surface area (Å²) in [5, 5.41) is 6.51. The van der Waals surface area contributed by atoms with Gasteiger partial charge in [-0.3, -0.25) is 0 Å². The number of benzene rings is 2. The first kappa shape index (κ1) is 17.9. The van der Waals surface area contributed by atoms with Crippen molar-refractivity contribution in [3.05, 3.63) is 69.8 Å². The molecule has 0 spiro atoms. The summed E-state index contributed by atoms with van der Waals surface area (Å²) < 4.78 is 2.26. The van der Waals surface area contributed by atoms with Crippen molar-refractivity contribution < 1.29 is 0 Å². The van der Waals surface area contributed by atoms with Crippen LogP contribution in [0.3, 0.4) is 0 Å². The molecular formula is C22H24Cl2N2. The van der Waals surface area contributed by atoms with Gasteiger partial charge in [0.1, 0.15) is 0 Å². The van der Waals surface area contributed by atoms with Crippen LogP contribution in [0.2, 0.25) is 10.0 Å². The Labute approximate surface area is 165 Å². The molecule has 4 rings (SSSR count). The van der Waals surface area contributed by atoms with Crippen molar-refractivity contribution >= 4 is 34.1 Å². The number of halogens is 2. The van der Waals surface area contributed by atoms with E-state index in [9.17, 15) is 0 Å². The van der Waals surface area contributed by atoms with E-state index in [1.807, 2.05) is 18.2 Å². The number of rotatable bonds is 5. The molecule has 1 heterocycles. The molecule has 4 heteroatoms. The molecule has 0 bridgehead atoms. The Hall–Kier alpha value is -1.48. The van der Waals surface area contributed by atoms with Crippen molar-refractivity contribution in [3.8, 4) is 0 Å². The van der Waals surface area contributed by atoms with Crippen molar-refractivity contribution in [2.24, 2.45) is 0 Å². The molecule has 0 atom stereocenters. The second-order valence-corrected chi connectivity index (χ2v) is 8.03. The van der Waals surface area contributed by atoms with E-state index < -0.39 is 0 Å². The van der Waals surface area contributed by atoms with Gasteiger partial charge in [-0.05, 0) is 36.6 Å². The predicted octanol–water partition coefficient (Wildman–Crippen LogP) is 6.42. The first-order valence-corrected chi connectivity index (χ1v) is 10.2. The third-order valence-corrected chi connectivity index (χ3v) is 6.16. The van der Waals surface area contributed by atoms with E-state index in [-0.39, 0.29) is 0 Å². The van der Waals surface area contributed by atoms with Crippen LogP contribution in [0.4, 0.5) is 0 Å². The van der Waals surface area contributed by atoms with Crippen LogP contribution in [0.1, 0.15) is 43.2 Å². The molecule has 1 aromatic heterocycles. The molecule has 3 aromatic rings. The van der Waals surface area contributed by atoms with E-state index in [1.165, 1.54) is 48.6 Å². The minimum absolute atomic E-state index is 0.656. The van der Waals surface area contributed by atoms with E-state index in [4.69, 9.17) is 23.2 Å². The third-order valence-electron chi connectivity index (χ3n) is 5.45. The summed E-state index contributed by atoms with van der Waals surface area (Å²) in [4.78, 5) is 0. The molecule has 136 valence electrons. The number of nitrogens with zero attached hydrogens (tertiary/aromatic N) is 1. The highest BCUT2D eigenvalue weighted by Crippen LogP contribution is 2.29. The lowest BCUT2D eigenvalue weighted by molar-refractivity contribution is 0.372. The number of hydrogen-bond acceptors (Lipinski definition) is 1. The average Bonchev–Trinajstić information content (AvgIpc) is 3.02. The van der Waals surface area contributed by atoms with Gasteiger partial charge >= 0.3 is 0 Å². The van der Waals surface area contributed by atoms with Crippen LogP contribution in [-0.4, -0.2) is 10.6 Å². The van der Waals surface area contributed by atoms with Crippen molar-refractivity contribution in [2.75, 3.05) is 0 Å². The van der Waals surface area contributed by atoms with Gasteiger partial charge < -0.3 is 9.88 Å². The fraction of sp³-hybridized carbons (Fsp3) is 0.364. The summed E-state index contributed by atoms with van der Waals surface area (Å²) in [6.45, 7) is 1.59. The maximum absolute atomic E-state index is 6.39. The Balaban J connectivity index is 1.61. The van der Waals surface area contributed by atoms with E-state index in [2.05, 4.69) is 40.3 Å². The zero-order valence-corrected chi connectivity index (χ0v) is 16.4. The lowest BCUT2D eigenvalue weighted by Crippen LogP contribution is -2.30. The van der Waals surface area contributed by atoms with Crippen LogP contribution in [0.5, 0.6) is 0 Å². The molecule has 1 N–H and O–H groups in total. The van der Waals surface area contributed by atoms with Gasteiger partial charge in [0.25, 0.3) is 0 Å². The van der Waals surface area contributed by atoms with E-state index in [1.54, 1.807) is 0 Å². The fourth-order valence-corrected chi connectivity index (χ4v) is 4.53. The van der Waals surface area contributed by atoms with Gasteiger partial charge in [-0.2, -0.15) is 0 Å². The van der Waals surface area contributed by atoms with Crippen LogP contribution in [0.25, 0.3) is 10.9 Å². The summed E-state index contributed by atoms with van der Waals surface area (Å²) in [6.07, 6.45) is 8.94. The van der Waals surface area contributed by atoms with E-state index in [0.29, 0.717) is 12.6 Å². The zero-order valence-electron chi connectivity index (χ0n) is 14.8. The zero-order chi connectivity index (χ0) is 17.9. The summed E-state index contributed by atoms with van der Waals surface area (Å²) in [5.41, 5.74) is 3.54. The molecule has 2 nitrogen and oxygen atoms in total. The van der Waals surface area contributed by atoms with Gasteiger partial charge in [-0.15, -0.1) is 0 Å². The monoisotopic (exact) mass is 386 g/mol. The smallest absolute Gasteiger partial charge is 0.0505 e. The number of nitrogens with one attached hydrogen (secondary N) is 1. The molecule has 0 aliphatic heterocycles. The Kier molecular flexibility index (Phi) is 5.54. The molecular weight excluding hydrogens is 363 g/mol. The van der Waals surface area contributed by atoms with Gasteiger partial charge in [0, 0.05) is 45.3 Å². The minimum atomic E-state index is 0.656. The van der Waals surface area contributed by atoms with Crippen molar-refractivity contribution in [2.45, 2.75) is 51.2 Å². The first-order valence-electron chi connectivity index (χ1n) is 9.45. The van der Waals surface area contributed by atoms with Crippen LogP contribution < -0.4 is 5.32 Å². The van der Waals surface area contributed by atoms with Crippen molar-refractivity contribution in [3.63, 3.8) is 0 Å². The Morgan fingerprint density at radius 2 is 1.65 bits per heavy atom. The van der Waals surface area contributed by atoms with Crippen LogP contribution in [-0.2, 0) is 13.1 Å². The molecule has 0 saturated heterocycles. The number of para-hydroxylation sites is 1. The van der Waals surface area contributed by atoms with Crippen LogP contribution in [0.15, 0.2) is 48.7 Å². The van der Waals surface area contributed by atoms with E-state index in [0.717, 1.165) is 22.2 Å². The summed E-state index contributed by atoms with van der Waals surface area (Å²) >= 11 is 12.8. The lowest BCUT2D eigenvalue weighted by atomic mass is 9.95. The summed E-state index contributed by atoms with van der Waals surface area (Å²) in [7, 11) is 0. The first-order chi connectivity index (χ1) is 12.7. The molecule has 1 aliphatic carbocycles. The normalized spacial score (nSPS) is 15.6. The minimum Gasteiger partial charge on any atom is -0.343 e. The molecule has 2 aromatic carbocycles. The second kappa shape index (κ2) is 8.04. The maximum atomic E-state index is 6.39. The number of hydrogen-bond donors (Lipinski definition) is 1. The van der Waals surface area contributed by atoms with Gasteiger partial charge in [-0.1, -0.05) is 66.7 Å². The standard InChI is InChI=1S/C22H24Cl2N2/c23-20-10-6-11-21(24)19(20)15-26-14-16(18-9-4-5-12-22(18)26)13-25-17-7-2-1-3-8-17/h4-6,9-12,14,17,25H,1-3,7-8,13,15H2. The highest BCUT2D eigenvalue weighted by Gasteiger charge is 2.15. The highest BCUT2D eigenvalue weighted by molar-refractivity contribution is 6.36. The number of fused-ring (bicyclic) bond motifs is 1. The van der Waals surface area contributed by atoms with Crippen molar-refractivity contribution in [1.29, 1.82) is 0 Å². The largest absolute Gasteiger partial charge is 0.343 e. The molecule has 0 unspecified atom stereocenters. The SMILES string of the molecule is Clc1cccc(Cl)c1Cn1cc(CNC2CCCCC2)c2ccccc21. The number of aromatic nitrogens is 1. The molecule has 1 aliphatic rings. The fourth-order valence-electron chi connectivity index (χ4n) is 4.01. The van der Waals surface area contributed by atoms with Gasteiger partial charge in [0.2, 0.25) is 0 Å². The summed E-state index contributed by atoms with van der Waals surface area (Å²) in [6, 6.07) is 14.9. The van der Waals surface area contributed by atoms with Gasteiger partial charge in [-0.25, -0.2) is 0 Å². The molecule has 1 saturated carbocycles. The average molecular weight is 387 g/mol. The molecule has 1 fully saturated rings. The van der Waals surface area contributed by atoms with E-state index >= 15 is 0 Å².